The molecule has 2 aromatic rings. The van der Waals surface area contributed by atoms with Gasteiger partial charge in [-0.25, -0.2) is 19.2 Å². The van der Waals surface area contributed by atoms with Gasteiger partial charge >= 0.3 is 30.1 Å². The number of hydrogen-bond acceptors (Lipinski definition) is 7. The van der Waals surface area contributed by atoms with Gasteiger partial charge in [-0.1, -0.05) is 13.0 Å². The third-order valence-electron chi connectivity index (χ3n) is 5.81. The summed E-state index contributed by atoms with van der Waals surface area (Å²) < 4.78 is 40.9. The minimum atomic E-state index is -4.40. The Morgan fingerprint density at radius 3 is 1.70 bits per heavy atom. The monoisotopic (exact) mass is 573 g/mol. The molecule has 3 rings (SSSR count). The molecule has 15 heteroatoms. The van der Waals surface area contributed by atoms with Crippen LogP contribution in [0.4, 0.5) is 13.2 Å². The first-order valence-corrected chi connectivity index (χ1v) is 11.8. The number of halogens is 3. The Labute approximate surface area is 226 Å². The highest BCUT2D eigenvalue weighted by Crippen LogP contribution is 2.31. The van der Waals surface area contributed by atoms with Gasteiger partial charge in [-0.05, 0) is 44.7 Å². The molecule has 0 aliphatic carbocycles. The van der Waals surface area contributed by atoms with Crippen LogP contribution < -0.4 is 0 Å². The number of carboxylic acid groups (broad SMARTS) is 4. The molecule has 0 unspecified atom stereocenters. The van der Waals surface area contributed by atoms with Crippen molar-refractivity contribution in [3.63, 3.8) is 0 Å². The molecule has 1 fully saturated rings. The van der Waals surface area contributed by atoms with Crippen molar-refractivity contribution in [2.75, 3.05) is 39.3 Å². The standard InChI is InChI=1S/C21H26F3N3O.2C2H2O4/c1-4-25-8-10-26(11-9-25)14-20(28)19-12-15(2)27(16(19)3)18-7-5-6-17(13-18)21(22,23)24;2*3-1(4)2(5)6/h5-7,12-13H,4,8-11,14H2,1-3H3;2*(H,3,4)(H,5,6). The van der Waals surface area contributed by atoms with Crippen molar-refractivity contribution in [3.8, 4) is 5.69 Å². The molecule has 1 aliphatic rings. The fourth-order valence-corrected chi connectivity index (χ4v) is 3.82. The summed E-state index contributed by atoms with van der Waals surface area (Å²) in [5.74, 6) is -7.29. The molecule has 1 aliphatic heterocycles. The highest BCUT2D eigenvalue weighted by molar-refractivity contribution is 6.27. The number of alkyl halides is 3. The van der Waals surface area contributed by atoms with Gasteiger partial charge in [-0.3, -0.25) is 9.69 Å². The zero-order valence-electron chi connectivity index (χ0n) is 21.9. The van der Waals surface area contributed by atoms with Crippen LogP contribution in [0.2, 0.25) is 0 Å². The molecule has 0 amide bonds. The highest BCUT2D eigenvalue weighted by Gasteiger charge is 2.31. The number of ketones is 1. The fraction of sp³-hybridized carbons (Fsp3) is 0.400. The summed E-state index contributed by atoms with van der Waals surface area (Å²) in [4.78, 5) is 53.7. The Bertz CT molecular complexity index is 1190. The van der Waals surface area contributed by atoms with Gasteiger partial charge in [-0.15, -0.1) is 0 Å². The van der Waals surface area contributed by atoms with Crippen molar-refractivity contribution >= 4 is 29.7 Å². The van der Waals surface area contributed by atoms with E-state index in [1.165, 1.54) is 6.07 Å². The number of aliphatic carboxylic acids is 4. The largest absolute Gasteiger partial charge is 0.473 e. The van der Waals surface area contributed by atoms with E-state index < -0.39 is 35.6 Å². The van der Waals surface area contributed by atoms with Crippen molar-refractivity contribution in [2.45, 2.75) is 26.9 Å². The summed E-state index contributed by atoms with van der Waals surface area (Å²) in [6, 6.07) is 6.98. The molecule has 0 saturated carbocycles. The van der Waals surface area contributed by atoms with Crippen molar-refractivity contribution in [1.82, 2.24) is 14.4 Å². The second kappa shape index (κ2) is 14.8. The maximum atomic E-state index is 13.1. The van der Waals surface area contributed by atoms with Gasteiger partial charge in [0, 0.05) is 48.8 Å². The van der Waals surface area contributed by atoms with Gasteiger partial charge in [0.1, 0.15) is 0 Å². The van der Waals surface area contributed by atoms with Crippen molar-refractivity contribution in [3.05, 3.63) is 52.8 Å². The first kappa shape index (κ1) is 33.8. The minimum absolute atomic E-state index is 0.0104. The summed E-state index contributed by atoms with van der Waals surface area (Å²) in [5.41, 5.74) is 1.72. The van der Waals surface area contributed by atoms with Gasteiger partial charge in [0.2, 0.25) is 0 Å². The van der Waals surface area contributed by atoms with Gasteiger partial charge < -0.3 is 29.9 Å². The topological polar surface area (TPSA) is 178 Å². The average molecular weight is 574 g/mol. The Kier molecular flexibility index (Phi) is 12.5. The number of benzene rings is 1. The molecular weight excluding hydrogens is 543 g/mol. The van der Waals surface area contributed by atoms with Crippen LogP contribution in [0, 0.1) is 13.8 Å². The highest BCUT2D eigenvalue weighted by atomic mass is 19.4. The van der Waals surface area contributed by atoms with Crippen LogP contribution in [0.5, 0.6) is 0 Å². The second-order valence-electron chi connectivity index (χ2n) is 8.52. The van der Waals surface area contributed by atoms with E-state index in [1.807, 2.05) is 6.92 Å². The molecule has 40 heavy (non-hydrogen) atoms. The number of rotatable bonds is 5. The number of carboxylic acids is 4. The van der Waals surface area contributed by atoms with Crippen LogP contribution in [0.25, 0.3) is 5.69 Å². The lowest BCUT2D eigenvalue weighted by atomic mass is 10.1. The lowest BCUT2D eigenvalue weighted by Crippen LogP contribution is -2.47. The number of likely N-dealkylation sites (N-methyl/N-ethyl adjacent to an activating group) is 1. The van der Waals surface area contributed by atoms with Crippen LogP contribution in [-0.2, 0) is 25.4 Å². The number of Topliss-reactive ketones (excluding diaryl/α,β-unsaturated/α-hetero) is 1. The number of nitrogens with zero attached hydrogens (tertiary/aromatic N) is 3. The first-order valence-electron chi connectivity index (χ1n) is 11.8. The molecule has 4 N–H and O–H groups in total. The summed E-state index contributed by atoms with van der Waals surface area (Å²) in [6.45, 7) is 10.7. The molecule has 0 atom stereocenters. The molecule has 1 aromatic carbocycles. The van der Waals surface area contributed by atoms with E-state index in [4.69, 9.17) is 39.6 Å². The van der Waals surface area contributed by atoms with E-state index in [2.05, 4.69) is 16.7 Å². The van der Waals surface area contributed by atoms with Crippen molar-refractivity contribution < 1.29 is 57.6 Å². The van der Waals surface area contributed by atoms with E-state index in [0.29, 0.717) is 23.5 Å². The van der Waals surface area contributed by atoms with Crippen LogP contribution in [-0.4, -0.2) is 104 Å². The van der Waals surface area contributed by atoms with Crippen LogP contribution in [0.3, 0.4) is 0 Å². The second-order valence-corrected chi connectivity index (χ2v) is 8.52. The van der Waals surface area contributed by atoms with E-state index in [0.717, 1.165) is 50.6 Å². The molecular formula is C25H30F3N3O9. The number of aryl methyl sites for hydroxylation is 1. The van der Waals surface area contributed by atoms with Crippen molar-refractivity contribution in [2.24, 2.45) is 0 Å². The lowest BCUT2D eigenvalue weighted by Gasteiger charge is -2.33. The van der Waals surface area contributed by atoms with Crippen LogP contribution >= 0.6 is 0 Å². The number of carbonyl (C=O) groups is 5. The van der Waals surface area contributed by atoms with Crippen LogP contribution in [0.15, 0.2) is 30.3 Å². The molecule has 12 nitrogen and oxygen atoms in total. The number of aromatic nitrogens is 1. The minimum Gasteiger partial charge on any atom is -0.473 e. The van der Waals surface area contributed by atoms with Crippen LogP contribution in [0.1, 0.15) is 34.2 Å². The normalized spacial score (nSPS) is 13.8. The van der Waals surface area contributed by atoms with Gasteiger partial charge in [0.25, 0.3) is 0 Å². The first-order chi connectivity index (χ1) is 18.5. The maximum Gasteiger partial charge on any atom is 0.416 e. The lowest BCUT2D eigenvalue weighted by molar-refractivity contribution is -0.159. The summed E-state index contributed by atoms with van der Waals surface area (Å²) in [7, 11) is 0. The zero-order valence-corrected chi connectivity index (χ0v) is 21.9. The van der Waals surface area contributed by atoms with Gasteiger partial charge in [0.15, 0.2) is 5.78 Å². The Morgan fingerprint density at radius 2 is 1.27 bits per heavy atom. The van der Waals surface area contributed by atoms with Gasteiger partial charge in [-0.2, -0.15) is 13.2 Å². The Hall–Kier alpha value is -4.24. The quantitative estimate of drug-likeness (QED) is 0.305. The summed E-state index contributed by atoms with van der Waals surface area (Å²) in [5, 5.41) is 29.6. The third-order valence-corrected chi connectivity index (χ3v) is 5.81. The average Bonchev–Trinajstić information content (AvgIpc) is 3.18. The molecule has 1 aromatic heterocycles. The molecule has 0 spiro atoms. The van der Waals surface area contributed by atoms with E-state index in [-0.39, 0.29) is 5.78 Å². The summed E-state index contributed by atoms with van der Waals surface area (Å²) >= 11 is 0. The zero-order chi connectivity index (χ0) is 30.8. The number of piperazine rings is 1. The predicted molar refractivity (Wildman–Crippen MR) is 134 cm³/mol. The van der Waals surface area contributed by atoms with Crippen molar-refractivity contribution in [1.29, 1.82) is 0 Å². The van der Waals surface area contributed by atoms with Gasteiger partial charge in [0.05, 0.1) is 12.1 Å². The number of hydrogen-bond donors (Lipinski definition) is 4. The number of carbonyl (C=O) groups excluding carboxylic acids is 1. The molecule has 2 heterocycles. The molecule has 1 saturated heterocycles. The molecule has 220 valence electrons. The van der Waals surface area contributed by atoms with E-state index >= 15 is 0 Å². The predicted octanol–water partition coefficient (Wildman–Crippen LogP) is 2.24. The maximum absolute atomic E-state index is 13.1. The Balaban J connectivity index is 0.000000559. The van der Waals surface area contributed by atoms with E-state index in [9.17, 15) is 18.0 Å². The smallest absolute Gasteiger partial charge is 0.416 e. The molecule has 0 radical (unpaired) electrons. The third kappa shape index (κ3) is 10.1. The molecule has 0 bridgehead atoms. The SMILES string of the molecule is CCN1CCN(CC(=O)c2cc(C)n(-c3cccc(C(F)(F)F)c3)c2C)CC1.O=C(O)C(=O)O.O=C(O)C(=O)O. The Morgan fingerprint density at radius 1 is 0.800 bits per heavy atom. The summed E-state index contributed by atoms with van der Waals surface area (Å²) in [6.07, 6.45) is -4.40. The fourth-order valence-electron chi connectivity index (χ4n) is 3.82. The van der Waals surface area contributed by atoms with E-state index in [1.54, 1.807) is 23.6 Å².